The summed E-state index contributed by atoms with van der Waals surface area (Å²) in [5.41, 5.74) is -5.37. The minimum atomic E-state index is -5.82. The van der Waals surface area contributed by atoms with Gasteiger partial charge < -0.3 is 63.3 Å². The Balaban J connectivity index is 0.00000379. The van der Waals surface area contributed by atoms with Crippen LogP contribution in [-0.2, 0) is 70.8 Å². The molecule has 53 heteroatoms. The zero-order valence-corrected chi connectivity index (χ0v) is 73.5. The fourth-order valence-corrected chi connectivity index (χ4v) is 14.2. The minimum Gasteiger partial charge on any atom is -0.744 e. The van der Waals surface area contributed by atoms with Crippen molar-refractivity contribution in [1.29, 1.82) is 0 Å². The molecule has 10 rings (SSSR count). The van der Waals surface area contributed by atoms with Gasteiger partial charge in [-0.3, -0.25) is 0 Å². The van der Waals surface area contributed by atoms with Gasteiger partial charge in [0, 0.05) is 40.0 Å². The third-order valence-corrected chi connectivity index (χ3v) is 19.3. The van der Waals surface area contributed by atoms with Gasteiger partial charge in [0.25, 0.3) is 0 Å². The van der Waals surface area contributed by atoms with E-state index < -0.39 is 211 Å². The van der Waals surface area contributed by atoms with Crippen LogP contribution in [0.1, 0.15) is 0 Å². The molecule has 2 aromatic heterocycles. The van der Waals surface area contributed by atoms with Crippen LogP contribution in [0.25, 0.3) is 43.1 Å². The summed E-state index contributed by atoms with van der Waals surface area (Å²) in [4.78, 5) is 15.5. The molecule has 0 fully saturated rings. The topological polar surface area (TPSA) is 616 Å². The Morgan fingerprint density at radius 3 is 1.14 bits per heavy atom. The van der Waals surface area contributed by atoms with E-state index in [0.29, 0.717) is 42.5 Å². The van der Waals surface area contributed by atoms with Crippen LogP contribution in [0.15, 0.2) is 158 Å². The summed E-state index contributed by atoms with van der Waals surface area (Å²) >= 11 is 12.4. The van der Waals surface area contributed by atoms with E-state index >= 15 is 0 Å². The SMILES string of the molecule is O=S(=O)([O-])c1cc(Nc2nc(Cl)nc(NCCNc3nc(Cl)nc(Nc4cc(S(=O)(=O)[O-])cc5cc(S(=O)(=O)[O-])c(N=Nc6ccc7c(S(=O)(=O)[O-])cccc7c6S(=O)(=O)[O-])c(O)c45)n3)n2)c2c(O)c(N=Nc3ccc4ccccc4c3S(=O)(=O)[O-])c(S(=O)(=O)[O-])cc2c1.[Na+].[Na+].[Na+].[Na+].[Na+].[Na+].[Na+]. The normalized spacial score (nSPS) is 12.1. The van der Waals surface area contributed by atoms with E-state index in [2.05, 4.69) is 71.6 Å². The zero-order valence-electron chi connectivity index (χ0n) is 52.3. The average Bonchev–Trinajstić information content (AvgIpc) is 0.759. The first-order valence-electron chi connectivity index (χ1n) is 24.8. The molecule has 0 bridgehead atoms. The van der Waals surface area contributed by atoms with Crippen molar-refractivity contribution in [1.82, 2.24) is 29.9 Å². The van der Waals surface area contributed by atoms with E-state index in [0.717, 1.165) is 30.3 Å². The van der Waals surface area contributed by atoms with E-state index in [4.69, 9.17) is 23.2 Å². The molecule has 101 heavy (non-hydrogen) atoms. The largest absolute Gasteiger partial charge is 1.00 e. The molecule has 0 atom stereocenters. The summed E-state index contributed by atoms with van der Waals surface area (Å²) < 4.78 is 262. The molecule has 0 radical (unpaired) electrons. The van der Waals surface area contributed by atoms with Gasteiger partial charge in [-0.15, -0.1) is 20.5 Å². The molecule has 0 spiro atoms. The summed E-state index contributed by atoms with van der Waals surface area (Å²) in [5, 5.41) is 43.4. The van der Waals surface area contributed by atoms with Gasteiger partial charge in [0.2, 0.25) is 34.4 Å². The maximum atomic E-state index is 12.7. The number of azo groups is 2. The number of phenols is 2. The monoisotopic (exact) mass is 1620 g/mol. The number of fused-ring (bicyclic) bond motifs is 4. The van der Waals surface area contributed by atoms with Crippen LogP contribution >= 0.6 is 23.2 Å². The molecule has 37 nitrogen and oxygen atoms in total. The van der Waals surface area contributed by atoms with Crippen molar-refractivity contribution in [2.24, 2.45) is 20.5 Å². The predicted molar refractivity (Wildman–Crippen MR) is 316 cm³/mol. The van der Waals surface area contributed by atoms with Gasteiger partial charge in [0.05, 0.1) is 45.6 Å². The minimum absolute atomic E-state index is 0. The van der Waals surface area contributed by atoms with Crippen molar-refractivity contribution in [3.63, 3.8) is 0 Å². The van der Waals surface area contributed by atoms with Crippen LogP contribution in [-0.4, -0.2) is 144 Å². The van der Waals surface area contributed by atoms with Crippen molar-refractivity contribution in [3.8, 4) is 11.5 Å². The van der Waals surface area contributed by atoms with E-state index in [1.807, 2.05) is 0 Å². The maximum Gasteiger partial charge on any atom is 1.00 e. The van der Waals surface area contributed by atoms with Gasteiger partial charge in [0.1, 0.15) is 93.6 Å². The molecular weight excluding hydrogens is 1600 g/mol. The van der Waals surface area contributed by atoms with E-state index in [1.54, 1.807) is 0 Å². The molecule has 8 aromatic carbocycles. The Bertz CT molecular complexity index is 5900. The Kier molecular flexibility index (Phi) is 33.0. The number of hydrogen-bond acceptors (Lipinski definition) is 37. The summed E-state index contributed by atoms with van der Waals surface area (Å²) in [5.74, 6) is -4.63. The standard InChI is InChI=1S/C48H34Cl2N14O23S7.7Na/c49-43-55-45(59-47(57-43)53-30-18-23(88(67,68)69)14-21-16-33(91(76,77)78)37(39(65)35(21)30)63-61-28-10-8-20-4-1-2-5-25(20)41(28)93(82,83)84)51-12-13-52-46-56-44(50)58-48(60-46)54-31-19-24(89(70,71)72)15-22-17-34(92(79,80)81)38(40(66)36(22)31)64-62-29-11-9-26-27(42(29)94(85,86)87)6-3-7-32(26)90(73,74)75;;;;;;;/h1-11,14-19,65-66H,12-13H2,(H,67,68,69)(H,70,71,72)(H,73,74,75)(H,76,77,78)(H,79,80,81)(H,82,83,84)(H,85,86,87)(H2,51,53,55,57,59)(H2,52,54,56,58,60);;;;;;;/q;7*+1/p-7. The van der Waals surface area contributed by atoms with Crippen molar-refractivity contribution in [2.45, 2.75) is 34.3 Å². The Morgan fingerprint density at radius 1 is 0.366 bits per heavy atom. The number of aromatic hydroxyl groups is 2. The fraction of sp³-hybridized carbons (Fsp3) is 0.0417. The van der Waals surface area contributed by atoms with Crippen LogP contribution in [0.4, 0.5) is 57.9 Å². The molecule has 6 N–H and O–H groups in total. The van der Waals surface area contributed by atoms with Gasteiger partial charge in [-0.05, 0) is 94.0 Å². The first kappa shape index (κ1) is 93.0. The van der Waals surface area contributed by atoms with E-state index in [-0.39, 0.29) is 237 Å². The van der Waals surface area contributed by atoms with Crippen LogP contribution in [0, 0.1) is 0 Å². The molecule has 0 saturated heterocycles. The van der Waals surface area contributed by atoms with Gasteiger partial charge in [-0.1, -0.05) is 48.5 Å². The van der Waals surface area contributed by atoms with Gasteiger partial charge >= 0.3 is 207 Å². The number of phenolic OH excluding ortho intramolecular Hbond substituents is 2. The quantitative estimate of drug-likeness (QED) is 0.0179. The van der Waals surface area contributed by atoms with Crippen LogP contribution in [0.5, 0.6) is 11.5 Å². The predicted octanol–water partition coefficient (Wildman–Crippen LogP) is -15.4. The number of benzene rings is 8. The third-order valence-electron chi connectivity index (χ3n) is 12.9. The van der Waals surface area contributed by atoms with Crippen LogP contribution in [0.2, 0.25) is 10.6 Å². The van der Waals surface area contributed by atoms with Crippen molar-refractivity contribution in [2.75, 3.05) is 34.4 Å². The number of halogens is 2. The smallest absolute Gasteiger partial charge is 0.744 e. The summed E-state index contributed by atoms with van der Waals surface area (Å²) in [7, 11) is -38.9. The van der Waals surface area contributed by atoms with E-state index in [1.165, 1.54) is 30.3 Å². The molecule has 0 unspecified atom stereocenters. The fourth-order valence-electron chi connectivity index (χ4n) is 9.17. The number of nitrogens with zero attached hydrogens (tertiary/aromatic N) is 10. The Morgan fingerprint density at radius 2 is 0.743 bits per heavy atom. The first-order valence-corrected chi connectivity index (χ1v) is 35.4. The molecule has 490 valence electrons. The van der Waals surface area contributed by atoms with Gasteiger partial charge in [0.15, 0.2) is 11.5 Å². The van der Waals surface area contributed by atoms with Crippen molar-refractivity contribution < 1.29 is 308 Å². The van der Waals surface area contributed by atoms with Crippen LogP contribution in [0.3, 0.4) is 0 Å². The second-order valence-electron chi connectivity index (χ2n) is 18.9. The van der Waals surface area contributed by atoms with Crippen molar-refractivity contribution >= 4 is 195 Å². The first-order chi connectivity index (χ1) is 43.6. The molecule has 0 aliphatic rings. The average molecular weight is 1620 g/mol. The van der Waals surface area contributed by atoms with Crippen molar-refractivity contribution in [3.05, 3.63) is 114 Å². The van der Waals surface area contributed by atoms with Gasteiger partial charge in [-0.25, -0.2) is 58.9 Å². The Hall–Kier alpha value is -2.23. The zero-order chi connectivity index (χ0) is 68.6. The summed E-state index contributed by atoms with van der Waals surface area (Å²) in [6, 6.07) is 15.4. The second kappa shape index (κ2) is 35.9. The number of rotatable bonds is 20. The molecule has 10 aromatic rings. The number of aromatic nitrogens is 6. The molecule has 2 heterocycles. The summed E-state index contributed by atoms with van der Waals surface area (Å²) in [6.45, 7) is -0.501. The number of hydrogen-bond donors (Lipinski definition) is 6. The van der Waals surface area contributed by atoms with Gasteiger partial charge in [-0.2, -0.15) is 29.9 Å². The number of nitrogens with one attached hydrogen (secondary N) is 4. The third kappa shape index (κ3) is 21.6. The number of anilines is 6. The molecule has 0 saturated carbocycles. The molecule has 0 aliphatic heterocycles. The second-order valence-corrected chi connectivity index (χ2v) is 29.0. The van der Waals surface area contributed by atoms with E-state index in [9.17, 15) is 101 Å². The molecule has 0 amide bonds. The van der Waals surface area contributed by atoms with Crippen LogP contribution < -0.4 is 228 Å². The molecule has 0 aliphatic carbocycles. The summed E-state index contributed by atoms with van der Waals surface area (Å²) in [6.07, 6.45) is 0. The molecular formula is C48H27Cl2N14Na7O23S7. The maximum absolute atomic E-state index is 12.7. The Labute approximate surface area is 735 Å².